The van der Waals surface area contributed by atoms with Crippen LogP contribution in [0.2, 0.25) is 0 Å². The van der Waals surface area contributed by atoms with Crippen LogP contribution in [0.3, 0.4) is 0 Å². The van der Waals surface area contributed by atoms with E-state index in [1.165, 1.54) is 12.1 Å². The van der Waals surface area contributed by atoms with Gasteiger partial charge in [-0.3, -0.25) is 15.0 Å². The maximum atomic E-state index is 13.0. The summed E-state index contributed by atoms with van der Waals surface area (Å²) < 4.78 is 13.0. The lowest BCUT2D eigenvalue weighted by atomic mass is 10.1. The molecule has 0 aliphatic carbocycles. The molecule has 0 saturated heterocycles. The maximum absolute atomic E-state index is 13.0. The third kappa shape index (κ3) is 2.52. The highest BCUT2D eigenvalue weighted by molar-refractivity contribution is 6.21. The van der Waals surface area contributed by atoms with Crippen molar-refractivity contribution >= 4 is 35.2 Å². The Hall–Kier alpha value is -3.48. The van der Waals surface area contributed by atoms with Gasteiger partial charge in [0.1, 0.15) is 11.6 Å². The summed E-state index contributed by atoms with van der Waals surface area (Å²) in [6.07, 6.45) is 5.08. The zero-order valence-electron chi connectivity index (χ0n) is 12.4. The number of pyridine rings is 1. The predicted octanol–water partition coefficient (Wildman–Crippen LogP) is 3.24. The first-order valence-corrected chi connectivity index (χ1v) is 7.25. The number of nitrogens with one attached hydrogen (secondary N) is 3. The Balaban J connectivity index is 1.71. The van der Waals surface area contributed by atoms with Crippen molar-refractivity contribution < 1.29 is 4.39 Å². The van der Waals surface area contributed by atoms with Crippen molar-refractivity contribution in [3.8, 4) is 0 Å². The van der Waals surface area contributed by atoms with E-state index in [1.807, 2.05) is 12.1 Å². The van der Waals surface area contributed by atoms with Crippen molar-refractivity contribution in [1.29, 1.82) is 0 Å². The number of hydrogen-bond acceptors (Lipinski definition) is 4. The Labute approximate surface area is 135 Å². The number of hydrogen-bond donors (Lipinski definition) is 3. The number of allylic oxidation sites excluding steroid dienone is 1. The highest BCUT2D eigenvalue weighted by Gasteiger charge is 2.15. The molecule has 3 heterocycles. The topological polar surface area (TPSA) is 85.9 Å². The molecule has 0 bridgehead atoms. The number of rotatable bonds is 3. The summed E-state index contributed by atoms with van der Waals surface area (Å²) >= 11 is 0. The molecule has 4 rings (SSSR count). The Bertz CT molecular complexity index is 1010. The lowest BCUT2D eigenvalue weighted by molar-refractivity contribution is 0.628. The number of fused-ring (bicyclic) bond motifs is 1. The molecule has 0 spiro atoms. The van der Waals surface area contributed by atoms with Crippen LogP contribution in [0.4, 0.5) is 21.7 Å². The fourth-order valence-corrected chi connectivity index (χ4v) is 2.48. The molecule has 7 heteroatoms. The molecule has 24 heavy (non-hydrogen) atoms. The van der Waals surface area contributed by atoms with Crippen LogP contribution in [0.25, 0.3) is 11.6 Å². The van der Waals surface area contributed by atoms with E-state index < -0.39 is 0 Å². The zero-order valence-corrected chi connectivity index (χ0v) is 12.4. The summed E-state index contributed by atoms with van der Waals surface area (Å²) in [7, 11) is 0. The number of H-pyrrole nitrogens is 2. The first-order chi connectivity index (χ1) is 11.7. The first kappa shape index (κ1) is 14.1. The Morgan fingerprint density at radius 3 is 2.79 bits per heavy atom. The molecule has 3 aromatic rings. The van der Waals surface area contributed by atoms with Crippen LogP contribution >= 0.6 is 0 Å². The fourth-order valence-electron chi connectivity index (χ4n) is 2.48. The van der Waals surface area contributed by atoms with Crippen LogP contribution in [-0.2, 0) is 0 Å². The molecule has 0 amide bonds. The highest BCUT2D eigenvalue weighted by atomic mass is 19.1. The lowest BCUT2D eigenvalue weighted by Gasteiger charge is -2.05. The van der Waals surface area contributed by atoms with E-state index >= 15 is 0 Å². The number of benzene rings is 1. The number of nitrogens with zero attached hydrogens (tertiary/aromatic N) is 2. The normalized spacial score (nSPS) is 14.1. The fraction of sp³-hybridized carbons (Fsp3) is 0. The maximum Gasteiger partial charge on any atom is 0.273 e. The summed E-state index contributed by atoms with van der Waals surface area (Å²) in [5, 5.41) is 8.39. The molecule has 0 saturated carbocycles. The van der Waals surface area contributed by atoms with Crippen LogP contribution in [-0.4, -0.2) is 21.4 Å². The van der Waals surface area contributed by atoms with Crippen molar-refractivity contribution in [2.24, 2.45) is 4.99 Å². The molecule has 118 valence electrons. The predicted molar refractivity (Wildman–Crippen MR) is 91.4 cm³/mol. The van der Waals surface area contributed by atoms with Gasteiger partial charge in [0.15, 0.2) is 5.82 Å². The molecule has 1 aliphatic heterocycles. The average Bonchev–Trinajstić information content (AvgIpc) is 3.16. The zero-order chi connectivity index (χ0) is 16.5. The second-order valence-corrected chi connectivity index (χ2v) is 5.23. The Kier molecular flexibility index (Phi) is 3.31. The SMILES string of the molecule is O=c1[nH][nH]c(Nc2ccc(F)cc2)c1C=C1C=Nc2ncccc21. The molecule has 6 nitrogen and oxygen atoms in total. The summed E-state index contributed by atoms with van der Waals surface area (Å²) in [6.45, 7) is 0. The van der Waals surface area contributed by atoms with Gasteiger partial charge in [-0.1, -0.05) is 0 Å². The van der Waals surface area contributed by atoms with Gasteiger partial charge in [0.05, 0.1) is 5.56 Å². The summed E-state index contributed by atoms with van der Waals surface area (Å²) in [4.78, 5) is 20.5. The van der Waals surface area contributed by atoms with E-state index in [0.29, 0.717) is 22.9 Å². The van der Waals surface area contributed by atoms with Crippen LogP contribution in [0.15, 0.2) is 52.4 Å². The molecular weight excluding hydrogens is 309 g/mol. The molecular formula is C17H12FN5O. The van der Waals surface area contributed by atoms with Gasteiger partial charge in [0.25, 0.3) is 5.56 Å². The van der Waals surface area contributed by atoms with Crippen molar-refractivity contribution in [3.63, 3.8) is 0 Å². The molecule has 2 aromatic heterocycles. The van der Waals surface area contributed by atoms with Crippen molar-refractivity contribution in [3.05, 3.63) is 69.9 Å². The van der Waals surface area contributed by atoms with E-state index in [4.69, 9.17) is 0 Å². The number of anilines is 2. The highest BCUT2D eigenvalue weighted by Crippen LogP contribution is 2.30. The smallest absolute Gasteiger partial charge is 0.273 e. The van der Waals surface area contributed by atoms with Gasteiger partial charge in [0, 0.05) is 29.2 Å². The number of aromatic nitrogens is 3. The van der Waals surface area contributed by atoms with Gasteiger partial charge >= 0.3 is 0 Å². The standard InChI is InChI=1S/C17H12FN5O/c18-11-3-5-12(6-4-11)21-16-14(17(24)23-22-16)8-10-9-20-15-13(10)2-1-7-19-15/h1-9H,(H3,21,22,23,24). The van der Waals surface area contributed by atoms with E-state index in [9.17, 15) is 9.18 Å². The third-order valence-electron chi connectivity index (χ3n) is 3.65. The molecule has 0 unspecified atom stereocenters. The van der Waals surface area contributed by atoms with E-state index in [-0.39, 0.29) is 11.4 Å². The molecule has 3 N–H and O–H groups in total. The van der Waals surface area contributed by atoms with Crippen molar-refractivity contribution in [1.82, 2.24) is 15.2 Å². The van der Waals surface area contributed by atoms with Crippen LogP contribution < -0.4 is 10.9 Å². The minimum absolute atomic E-state index is 0.266. The second kappa shape index (κ2) is 5.62. The minimum Gasteiger partial charge on any atom is -0.340 e. The van der Waals surface area contributed by atoms with E-state index in [1.54, 1.807) is 30.6 Å². The lowest BCUT2D eigenvalue weighted by Crippen LogP contribution is -2.03. The monoisotopic (exact) mass is 321 g/mol. The van der Waals surface area contributed by atoms with E-state index in [0.717, 1.165) is 11.1 Å². The van der Waals surface area contributed by atoms with Crippen LogP contribution in [0.1, 0.15) is 11.1 Å². The number of aliphatic imine (C=N–C) groups is 1. The Morgan fingerprint density at radius 1 is 1.12 bits per heavy atom. The minimum atomic E-state index is -0.322. The quantitative estimate of drug-likeness (QED) is 0.692. The van der Waals surface area contributed by atoms with Crippen LogP contribution in [0, 0.1) is 5.82 Å². The van der Waals surface area contributed by atoms with Gasteiger partial charge in [-0.15, -0.1) is 0 Å². The van der Waals surface area contributed by atoms with Crippen LogP contribution in [0.5, 0.6) is 0 Å². The molecule has 1 aromatic carbocycles. The molecule has 0 radical (unpaired) electrons. The largest absolute Gasteiger partial charge is 0.340 e. The number of aromatic amines is 2. The molecule has 1 aliphatic rings. The Morgan fingerprint density at radius 2 is 1.96 bits per heavy atom. The summed E-state index contributed by atoms with van der Waals surface area (Å²) in [6, 6.07) is 9.59. The number of halogens is 1. The van der Waals surface area contributed by atoms with Crippen molar-refractivity contribution in [2.45, 2.75) is 0 Å². The van der Waals surface area contributed by atoms with Gasteiger partial charge < -0.3 is 5.32 Å². The summed E-state index contributed by atoms with van der Waals surface area (Å²) in [5.41, 5.74) is 2.49. The van der Waals surface area contributed by atoms with Gasteiger partial charge in [-0.25, -0.2) is 14.4 Å². The summed E-state index contributed by atoms with van der Waals surface area (Å²) in [5.74, 6) is 0.797. The molecule has 0 atom stereocenters. The second-order valence-electron chi connectivity index (χ2n) is 5.23. The van der Waals surface area contributed by atoms with Gasteiger partial charge in [-0.2, -0.15) is 0 Å². The third-order valence-corrected chi connectivity index (χ3v) is 3.65. The van der Waals surface area contributed by atoms with Gasteiger partial charge in [0.2, 0.25) is 0 Å². The van der Waals surface area contributed by atoms with Gasteiger partial charge in [-0.05, 0) is 42.5 Å². The molecule has 0 fully saturated rings. The average molecular weight is 321 g/mol. The van der Waals surface area contributed by atoms with E-state index in [2.05, 4.69) is 25.5 Å². The van der Waals surface area contributed by atoms with Crippen molar-refractivity contribution in [2.75, 3.05) is 5.32 Å². The first-order valence-electron chi connectivity index (χ1n) is 7.25.